The van der Waals surface area contributed by atoms with Gasteiger partial charge >= 0.3 is 0 Å². The van der Waals surface area contributed by atoms with E-state index >= 15 is 0 Å². The van der Waals surface area contributed by atoms with Gasteiger partial charge < -0.3 is 15.4 Å². The summed E-state index contributed by atoms with van der Waals surface area (Å²) in [5, 5.41) is 0. The Balaban J connectivity index is 2.11. The van der Waals surface area contributed by atoms with Crippen LogP contribution >= 0.6 is 0 Å². The summed E-state index contributed by atoms with van der Waals surface area (Å²) in [6.07, 6.45) is 1.42. The first-order chi connectivity index (χ1) is 6.24. The molecule has 1 unspecified atom stereocenters. The molecule has 0 bridgehead atoms. The van der Waals surface area contributed by atoms with Crippen molar-refractivity contribution in [3.8, 4) is 0 Å². The van der Waals surface area contributed by atoms with Gasteiger partial charge in [-0.15, -0.1) is 0 Å². The minimum Gasteiger partial charge on any atom is -0.382 e. The molecule has 2 N–H and O–H groups in total. The van der Waals surface area contributed by atoms with Gasteiger partial charge in [0.15, 0.2) is 0 Å². The van der Waals surface area contributed by atoms with Gasteiger partial charge in [0, 0.05) is 38.8 Å². The Bertz CT molecular complexity index is 173. The number of nitrogens with zero attached hydrogens (tertiary/aromatic N) is 1. The lowest BCUT2D eigenvalue weighted by Gasteiger charge is -2.15. The largest absolute Gasteiger partial charge is 0.382 e. The summed E-state index contributed by atoms with van der Waals surface area (Å²) in [5.41, 5.74) is 5.65. The lowest BCUT2D eigenvalue weighted by Crippen LogP contribution is -2.29. The highest BCUT2D eigenvalue weighted by Crippen LogP contribution is 2.08. The molecule has 0 saturated carbocycles. The topological polar surface area (TPSA) is 55.6 Å². The van der Waals surface area contributed by atoms with E-state index in [1.165, 1.54) is 0 Å². The van der Waals surface area contributed by atoms with Crippen molar-refractivity contribution in [2.45, 2.75) is 25.8 Å². The standard InChI is InChI=1S/C9H18N2O2/c1-2-13-5-3-4-11-7-8(10)6-9(11)12/h8H,2-7,10H2,1H3. The van der Waals surface area contributed by atoms with Crippen molar-refractivity contribution in [2.24, 2.45) is 5.73 Å². The van der Waals surface area contributed by atoms with Crippen molar-refractivity contribution >= 4 is 5.91 Å². The molecule has 13 heavy (non-hydrogen) atoms. The molecule has 76 valence electrons. The molecule has 4 nitrogen and oxygen atoms in total. The first-order valence-electron chi connectivity index (χ1n) is 4.85. The highest BCUT2D eigenvalue weighted by Gasteiger charge is 2.25. The van der Waals surface area contributed by atoms with E-state index in [2.05, 4.69) is 0 Å². The third kappa shape index (κ3) is 3.32. The van der Waals surface area contributed by atoms with Gasteiger partial charge in [0.25, 0.3) is 0 Å². The van der Waals surface area contributed by atoms with Crippen LogP contribution in [0.1, 0.15) is 19.8 Å². The van der Waals surface area contributed by atoms with Crippen molar-refractivity contribution in [1.82, 2.24) is 4.90 Å². The van der Waals surface area contributed by atoms with Crippen LogP contribution in [0.5, 0.6) is 0 Å². The molecular formula is C9H18N2O2. The molecular weight excluding hydrogens is 168 g/mol. The molecule has 1 fully saturated rings. The number of rotatable bonds is 5. The molecule has 0 aliphatic carbocycles. The summed E-state index contributed by atoms with van der Waals surface area (Å²) in [6, 6.07) is 0.0413. The number of carbonyl (C=O) groups excluding carboxylic acids is 1. The third-order valence-electron chi connectivity index (χ3n) is 2.17. The molecule has 1 amide bonds. The lowest BCUT2D eigenvalue weighted by atomic mass is 10.3. The SMILES string of the molecule is CCOCCCN1CC(N)CC1=O. The predicted octanol–water partition coefficient (Wildman–Crippen LogP) is -0.0274. The number of amides is 1. The van der Waals surface area contributed by atoms with E-state index in [-0.39, 0.29) is 11.9 Å². The number of ether oxygens (including phenoxy) is 1. The van der Waals surface area contributed by atoms with Crippen molar-refractivity contribution in [1.29, 1.82) is 0 Å². The zero-order chi connectivity index (χ0) is 9.68. The van der Waals surface area contributed by atoms with E-state index < -0.39 is 0 Å². The molecule has 1 aliphatic rings. The maximum Gasteiger partial charge on any atom is 0.224 e. The van der Waals surface area contributed by atoms with Crippen LogP contribution in [0.4, 0.5) is 0 Å². The second-order valence-electron chi connectivity index (χ2n) is 3.35. The van der Waals surface area contributed by atoms with E-state index in [4.69, 9.17) is 10.5 Å². The Labute approximate surface area is 79.0 Å². The Hall–Kier alpha value is -0.610. The smallest absolute Gasteiger partial charge is 0.224 e. The van der Waals surface area contributed by atoms with Gasteiger partial charge in [0.05, 0.1) is 0 Å². The Morgan fingerprint density at radius 1 is 1.69 bits per heavy atom. The summed E-state index contributed by atoms with van der Waals surface area (Å²) in [4.78, 5) is 13.1. The molecule has 0 aromatic rings. The van der Waals surface area contributed by atoms with E-state index in [0.29, 0.717) is 13.0 Å². The minimum absolute atomic E-state index is 0.0413. The highest BCUT2D eigenvalue weighted by atomic mass is 16.5. The normalized spacial score (nSPS) is 22.8. The molecule has 1 heterocycles. The molecule has 0 aromatic heterocycles. The van der Waals surface area contributed by atoms with Gasteiger partial charge in [-0.2, -0.15) is 0 Å². The summed E-state index contributed by atoms with van der Waals surface area (Å²) in [7, 11) is 0. The van der Waals surface area contributed by atoms with Gasteiger partial charge in [0.2, 0.25) is 5.91 Å². The van der Waals surface area contributed by atoms with Crippen LogP contribution in [0.15, 0.2) is 0 Å². The van der Waals surface area contributed by atoms with Crippen LogP contribution < -0.4 is 5.73 Å². The van der Waals surface area contributed by atoms with E-state index in [0.717, 1.165) is 26.2 Å². The van der Waals surface area contributed by atoms with Crippen LogP contribution in [-0.4, -0.2) is 43.2 Å². The van der Waals surface area contributed by atoms with Crippen LogP contribution in [0, 0.1) is 0 Å². The monoisotopic (exact) mass is 186 g/mol. The zero-order valence-electron chi connectivity index (χ0n) is 8.16. The molecule has 1 aliphatic heterocycles. The number of hydrogen-bond donors (Lipinski definition) is 1. The summed E-state index contributed by atoms with van der Waals surface area (Å²) >= 11 is 0. The van der Waals surface area contributed by atoms with E-state index in [1.807, 2.05) is 11.8 Å². The zero-order valence-corrected chi connectivity index (χ0v) is 8.16. The molecule has 0 radical (unpaired) electrons. The maximum absolute atomic E-state index is 11.3. The van der Waals surface area contributed by atoms with Gasteiger partial charge in [-0.05, 0) is 13.3 Å². The van der Waals surface area contributed by atoms with Crippen molar-refractivity contribution in [3.05, 3.63) is 0 Å². The number of nitrogens with two attached hydrogens (primary N) is 1. The second-order valence-corrected chi connectivity index (χ2v) is 3.35. The first-order valence-corrected chi connectivity index (χ1v) is 4.85. The van der Waals surface area contributed by atoms with Crippen molar-refractivity contribution in [2.75, 3.05) is 26.3 Å². The number of hydrogen-bond acceptors (Lipinski definition) is 3. The fourth-order valence-corrected chi connectivity index (χ4v) is 1.52. The average Bonchev–Trinajstić information content (AvgIpc) is 2.39. The molecule has 4 heteroatoms. The first kappa shape index (κ1) is 10.5. The summed E-state index contributed by atoms with van der Waals surface area (Å²) < 4.78 is 5.19. The molecule has 0 aromatic carbocycles. The summed E-state index contributed by atoms with van der Waals surface area (Å²) in [5.74, 6) is 0.184. The van der Waals surface area contributed by atoms with Crippen molar-refractivity contribution in [3.63, 3.8) is 0 Å². The lowest BCUT2D eigenvalue weighted by molar-refractivity contribution is -0.127. The Kier molecular flexibility index (Phi) is 4.18. The van der Waals surface area contributed by atoms with Crippen LogP contribution in [0.25, 0.3) is 0 Å². The molecule has 1 saturated heterocycles. The van der Waals surface area contributed by atoms with Gasteiger partial charge in [-0.1, -0.05) is 0 Å². The Morgan fingerprint density at radius 3 is 3.00 bits per heavy atom. The molecule has 1 atom stereocenters. The van der Waals surface area contributed by atoms with Gasteiger partial charge in [-0.25, -0.2) is 0 Å². The third-order valence-corrected chi connectivity index (χ3v) is 2.17. The highest BCUT2D eigenvalue weighted by molar-refractivity contribution is 5.79. The summed E-state index contributed by atoms with van der Waals surface area (Å²) in [6.45, 7) is 4.94. The quantitative estimate of drug-likeness (QED) is 0.614. The molecule has 0 spiro atoms. The van der Waals surface area contributed by atoms with Crippen LogP contribution in [0.2, 0.25) is 0 Å². The van der Waals surface area contributed by atoms with Crippen LogP contribution in [0.3, 0.4) is 0 Å². The Morgan fingerprint density at radius 2 is 2.46 bits per heavy atom. The van der Waals surface area contributed by atoms with Crippen molar-refractivity contribution < 1.29 is 9.53 Å². The fraction of sp³-hybridized carbons (Fsp3) is 0.889. The maximum atomic E-state index is 11.3. The minimum atomic E-state index is 0.0413. The van der Waals surface area contributed by atoms with E-state index in [9.17, 15) is 4.79 Å². The number of likely N-dealkylation sites (tertiary alicyclic amines) is 1. The van der Waals surface area contributed by atoms with Crippen LogP contribution in [-0.2, 0) is 9.53 Å². The number of carbonyl (C=O) groups is 1. The second kappa shape index (κ2) is 5.19. The fourth-order valence-electron chi connectivity index (χ4n) is 1.52. The average molecular weight is 186 g/mol. The van der Waals surface area contributed by atoms with E-state index in [1.54, 1.807) is 0 Å². The van der Waals surface area contributed by atoms with Gasteiger partial charge in [-0.3, -0.25) is 4.79 Å². The molecule has 1 rings (SSSR count). The predicted molar refractivity (Wildman–Crippen MR) is 50.3 cm³/mol. The van der Waals surface area contributed by atoms with Gasteiger partial charge in [0.1, 0.15) is 0 Å².